The van der Waals surface area contributed by atoms with E-state index in [1.807, 2.05) is 71.5 Å². The highest BCUT2D eigenvalue weighted by atomic mass is 32.2. The van der Waals surface area contributed by atoms with Crippen molar-refractivity contribution in [1.82, 2.24) is 20.1 Å². The summed E-state index contributed by atoms with van der Waals surface area (Å²) in [6, 6.07) is 19.8. The molecule has 0 aliphatic heterocycles. The van der Waals surface area contributed by atoms with E-state index >= 15 is 0 Å². The Morgan fingerprint density at radius 1 is 1.13 bits per heavy atom. The zero-order chi connectivity index (χ0) is 21.6. The van der Waals surface area contributed by atoms with E-state index < -0.39 is 0 Å². The first kappa shape index (κ1) is 21.1. The average molecular weight is 451 g/mol. The maximum atomic E-state index is 12.4. The molecule has 6 nitrogen and oxygen atoms in total. The van der Waals surface area contributed by atoms with Gasteiger partial charge in [-0.1, -0.05) is 41.6 Å². The topological polar surface area (TPSA) is 69.0 Å². The van der Waals surface area contributed by atoms with Crippen LogP contribution in [0, 0.1) is 6.92 Å². The molecule has 0 saturated carbocycles. The molecule has 0 unspecified atom stereocenters. The molecule has 1 amide bonds. The van der Waals surface area contributed by atoms with Crippen LogP contribution in [0.1, 0.15) is 10.4 Å². The van der Waals surface area contributed by atoms with Gasteiger partial charge in [-0.25, -0.2) is 0 Å². The molecule has 0 aliphatic rings. The highest BCUT2D eigenvalue weighted by Gasteiger charge is 2.17. The van der Waals surface area contributed by atoms with Gasteiger partial charge in [0.1, 0.15) is 5.75 Å². The Morgan fingerprint density at radius 3 is 2.68 bits per heavy atom. The number of thioether (sulfide) groups is 1. The van der Waals surface area contributed by atoms with Crippen molar-refractivity contribution in [2.24, 2.45) is 0 Å². The largest absolute Gasteiger partial charge is 0.497 e. The molecule has 158 valence electrons. The summed E-state index contributed by atoms with van der Waals surface area (Å²) in [5.41, 5.74) is 3.02. The van der Waals surface area contributed by atoms with E-state index in [2.05, 4.69) is 21.6 Å². The van der Waals surface area contributed by atoms with Crippen molar-refractivity contribution >= 4 is 29.0 Å². The normalized spacial score (nSPS) is 10.8. The Morgan fingerprint density at radius 2 is 1.97 bits per heavy atom. The van der Waals surface area contributed by atoms with E-state index in [1.165, 1.54) is 11.8 Å². The summed E-state index contributed by atoms with van der Waals surface area (Å²) in [6.45, 7) is 2.59. The molecule has 4 rings (SSSR count). The number of thiophene rings is 1. The monoisotopic (exact) mass is 450 g/mol. The van der Waals surface area contributed by atoms with E-state index in [-0.39, 0.29) is 11.7 Å². The minimum absolute atomic E-state index is 0.0419. The quantitative estimate of drug-likeness (QED) is 0.393. The number of carbonyl (C=O) groups is 1. The predicted octanol–water partition coefficient (Wildman–Crippen LogP) is 4.72. The molecule has 4 aromatic rings. The van der Waals surface area contributed by atoms with E-state index in [4.69, 9.17) is 4.74 Å². The van der Waals surface area contributed by atoms with Crippen LogP contribution >= 0.6 is 23.1 Å². The Balaban J connectivity index is 1.58. The van der Waals surface area contributed by atoms with E-state index in [0.29, 0.717) is 11.7 Å². The van der Waals surface area contributed by atoms with Crippen LogP contribution in [0.5, 0.6) is 5.75 Å². The lowest BCUT2D eigenvalue weighted by atomic mass is 10.1. The Labute approximate surface area is 189 Å². The van der Waals surface area contributed by atoms with Crippen molar-refractivity contribution in [3.63, 3.8) is 0 Å². The number of ether oxygens (including phenoxy) is 1. The maximum absolute atomic E-state index is 12.4. The number of hydrogen-bond donors (Lipinski definition) is 1. The lowest BCUT2D eigenvalue weighted by Gasteiger charge is -2.11. The molecule has 0 atom stereocenters. The van der Waals surface area contributed by atoms with Crippen LogP contribution in [0.4, 0.5) is 0 Å². The van der Waals surface area contributed by atoms with Crippen molar-refractivity contribution in [3.8, 4) is 22.8 Å². The Kier molecular flexibility index (Phi) is 6.69. The zero-order valence-electron chi connectivity index (χ0n) is 17.2. The van der Waals surface area contributed by atoms with Gasteiger partial charge in [0.25, 0.3) is 0 Å². The molecular formula is C23H22N4O2S2. The number of nitrogens with one attached hydrogen (secondary N) is 1. The molecule has 2 aromatic carbocycles. The Hall–Kier alpha value is -3.10. The molecule has 0 bridgehead atoms. The molecule has 0 saturated heterocycles. The highest BCUT2D eigenvalue weighted by molar-refractivity contribution is 7.99. The molecule has 0 aliphatic carbocycles. The first-order valence-electron chi connectivity index (χ1n) is 9.73. The fraction of sp³-hybridized carbons (Fsp3) is 0.174. The van der Waals surface area contributed by atoms with Crippen LogP contribution in [-0.2, 0) is 11.3 Å². The molecule has 2 heterocycles. The number of nitrogens with zero attached hydrogens (tertiary/aromatic N) is 3. The third kappa shape index (κ3) is 5.15. The van der Waals surface area contributed by atoms with Gasteiger partial charge in [0.15, 0.2) is 11.0 Å². The minimum atomic E-state index is -0.0419. The van der Waals surface area contributed by atoms with Crippen LogP contribution in [0.3, 0.4) is 0 Å². The maximum Gasteiger partial charge on any atom is 0.230 e. The van der Waals surface area contributed by atoms with E-state index in [0.717, 1.165) is 33.3 Å². The number of carbonyl (C=O) groups excluding carboxylic acids is 1. The van der Waals surface area contributed by atoms with Gasteiger partial charge in [-0.15, -0.1) is 21.5 Å². The predicted molar refractivity (Wildman–Crippen MR) is 125 cm³/mol. The number of aromatic nitrogens is 3. The van der Waals surface area contributed by atoms with Crippen molar-refractivity contribution in [3.05, 3.63) is 76.5 Å². The van der Waals surface area contributed by atoms with Gasteiger partial charge < -0.3 is 10.1 Å². The van der Waals surface area contributed by atoms with E-state index in [1.54, 1.807) is 18.4 Å². The van der Waals surface area contributed by atoms with Crippen LogP contribution in [0.15, 0.2) is 71.2 Å². The second-order valence-corrected chi connectivity index (χ2v) is 8.83. The SMILES string of the molecule is COc1ccc(-n2c(SCC(=O)NCc3cccs3)nnc2-c2cccc(C)c2)cc1. The fourth-order valence-corrected chi connectivity index (χ4v) is 4.50. The zero-order valence-corrected chi connectivity index (χ0v) is 18.9. The van der Waals surface area contributed by atoms with Crippen molar-refractivity contribution in [2.45, 2.75) is 18.6 Å². The number of amides is 1. The van der Waals surface area contributed by atoms with Crippen LogP contribution in [-0.4, -0.2) is 33.5 Å². The first-order chi connectivity index (χ1) is 15.1. The lowest BCUT2D eigenvalue weighted by molar-refractivity contribution is -0.118. The van der Waals surface area contributed by atoms with Crippen molar-refractivity contribution in [2.75, 3.05) is 12.9 Å². The van der Waals surface area contributed by atoms with Crippen LogP contribution in [0.2, 0.25) is 0 Å². The molecule has 0 fully saturated rings. The minimum Gasteiger partial charge on any atom is -0.497 e. The number of aryl methyl sites for hydroxylation is 1. The summed E-state index contributed by atoms with van der Waals surface area (Å²) in [6.07, 6.45) is 0. The summed E-state index contributed by atoms with van der Waals surface area (Å²) in [5.74, 6) is 1.72. The first-order valence-corrected chi connectivity index (χ1v) is 11.6. The van der Waals surface area contributed by atoms with Crippen LogP contribution < -0.4 is 10.1 Å². The van der Waals surface area contributed by atoms with Crippen molar-refractivity contribution < 1.29 is 9.53 Å². The number of rotatable bonds is 8. The lowest BCUT2D eigenvalue weighted by Crippen LogP contribution is -2.24. The van der Waals surface area contributed by atoms with Gasteiger partial charge in [-0.2, -0.15) is 0 Å². The molecule has 0 radical (unpaired) electrons. The summed E-state index contributed by atoms with van der Waals surface area (Å²) >= 11 is 2.99. The van der Waals surface area contributed by atoms with Crippen molar-refractivity contribution in [1.29, 1.82) is 0 Å². The molecule has 0 spiro atoms. The van der Waals surface area contributed by atoms with Gasteiger partial charge in [-0.3, -0.25) is 9.36 Å². The van der Waals surface area contributed by atoms with Gasteiger partial charge in [-0.05, 0) is 48.7 Å². The fourth-order valence-electron chi connectivity index (χ4n) is 3.08. The highest BCUT2D eigenvalue weighted by Crippen LogP contribution is 2.29. The summed E-state index contributed by atoms with van der Waals surface area (Å²) in [4.78, 5) is 13.5. The van der Waals surface area contributed by atoms with Crippen LogP contribution in [0.25, 0.3) is 17.1 Å². The van der Waals surface area contributed by atoms with Gasteiger partial charge in [0, 0.05) is 16.1 Å². The Bertz CT molecular complexity index is 1150. The third-order valence-electron chi connectivity index (χ3n) is 4.61. The summed E-state index contributed by atoms with van der Waals surface area (Å²) < 4.78 is 7.26. The second kappa shape index (κ2) is 9.80. The van der Waals surface area contributed by atoms with Gasteiger partial charge in [0.2, 0.25) is 5.91 Å². The van der Waals surface area contributed by atoms with E-state index in [9.17, 15) is 4.79 Å². The number of methoxy groups -OCH3 is 1. The summed E-state index contributed by atoms with van der Waals surface area (Å²) in [5, 5.41) is 14.4. The molecular weight excluding hydrogens is 428 g/mol. The van der Waals surface area contributed by atoms with Gasteiger partial charge in [0.05, 0.1) is 19.4 Å². The smallest absolute Gasteiger partial charge is 0.230 e. The summed E-state index contributed by atoms with van der Waals surface area (Å²) in [7, 11) is 1.64. The molecule has 1 N–H and O–H groups in total. The number of hydrogen-bond acceptors (Lipinski definition) is 6. The second-order valence-electron chi connectivity index (χ2n) is 6.85. The average Bonchev–Trinajstić information content (AvgIpc) is 3.46. The molecule has 31 heavy (non-hydrogen) atoms. The third-order valence-corrected chi connectivity index (χ3v) is 6.42. The standard InChI is InChI=1S/C23H22N4O2S2/c1-16-5-3-6-17(13-16)22-25-26-23(27(22)18-8-10-19(29-2)11-9-18)31-15-21(28)24-14-20-7-4-12-30-20/h3-13H,14-15H2,1-2H3,(H,24,28). The molecule has 2 aromatic heterocycles. The van der Waals surface area contributed by atoms with Gasteiger partial charge >= 0.3 is 0 Å². The molecule has 8 heteroatoms. The number of benzene rings is 2.